The van der Waals surface area contributed by atoms with Crippen molar-refractivity contribution in [2.75, 3.05) is 7.11 Å². The van der Waals surface area contributed by atoms with Gasteiger partial charge in [0.05, 0.1) is 28.7 Å². The van der Waals surface area contributed by atoms with Crippen LogP contribution in [0.5, 0.6) is 17.2 Å². The summed E-state index contributed by atoms with van der Waals surface area (Å²) in [6.45, 7) is 0. The van der Waals surface area contributed by atoms with Gasteiger partial charge in [0.2, 0.25) is 10.3 Å². The maximum Gasteiger partial charge on any atom is 0.417 e. The molecule has 6 nitrogen and oxygen atoms in total. The van der Waals surface area contributed by atoms with Crippen LogP contribution in [0.25, 0.3) is 0 Å². The molecule has 0 bridgehead atoms. The molecule has 2 aromatic carbocycles. The Kier molecular flexibility index (Phi) is 7.48. The van der Waals surface area contributed by atoms with Crippen LogP contribution in [-0.4, -0.2) is 26.3 Å². The van der Waals surface area contributed by atoms with Crippen molar-refractivity contribution < 1.29 is 53.4 Å². The highest BCUT2D eigenvalue weighted by Crippen LogP contribution is 2.44. The number of alkyl halides is 6. The van der Waals surface area contributed by atoms with E-state index in [1.807, 2.05) is 0 Å². The van der Waals surface area contributed by atoms with Gasteiger partial charge >= 0.3 is 12.4 Å². The Bertz CT molecular complexity index is 1400. The summed E-state index contributed by atoms with van der Waals surface area (Å²) in [6, 6.07) is 2.42. The van der Waals surface area contributed by atoms with E-state index in [1.165, 1.54) is 18.2 Å². The smallest absolute Gasteiger partial charge is 0.417 e. The second-order valence-corrected chi connectivity index (χ2v) is 8.17. The fraction of sp³-hybridized carbons (Fsp3) is 0.182. The van der Waals surface area contributed by atoms with Crippen LogP contribution in [0.15, 0.2) is 54.3 Å². The molecule has 2 aromatic rings. The van der Waals surface area contributed by atoms with Crippen LogP contribution in [0.4, 0.5) is 30.7 Å². The predicted octanol–water partition coefficient (Wildman–Crippen LogP) is 5.29. The lowest BCUT2D eigenvalue weighted by Crippen LogP contribution is -2.28. The number of methoxy groups -OCH3 is 1. The van der Waals surface area contributed by atoms with E-state index in [0.717, 1.165) is 25.3 Å². The number of ether oxygens (including phenoxy) is 2. The third-order valence-electron chi connectivity index (χ3n) is 4.74. The molecule has 0 radical (unpaired) electrons. The summed E-state index contributed by atoms with van der Waals surface area (Å²) in [4.78, 5) is 12.8. The fourth-order valence-corrected chi connectivity index (χ4v) is 3.61. The van der Waals surface area contributed by atoms with Gasteiger partial charge in [-0.2, -0.15) is 34.8 Å². The zero-order valence-corrected chi connectivity index (χ0v) is 18.7. The molecule has 0 unspecified atom stereocenters. The number of allylic oxidation sites excluding steroid dienone is 4. The minimum Gasteiger partial charge on any atom is -0.493 e. The van der Waals surface area contributed by atoms with Crippen LogP contribution in [0.3, 0.4) is 0 Å². The lowest BCUT2D eigenvalue weighted by molar-refractivity contribution is -0.143. The summed E-state index contributed by atoms with van der Waals surface area (Å²) in [5.41, 5.74) is -5.18. The average Bonchev–Trinajstić information content (AvgIpc) is 2.78. The van der Waals surface area contributed by atoms with E-state index < -0.39 is 62.6 Å². The highest BCUT2D eigenvalue weighted by atomic mass is 32.2. The number of carbonyl (C=O) groups excluding carboxylic acids is 1. The molecule has 1 aliphatic carbocycles. The maximum atomic E-state index is 13.9. The Labute approximate surface area is 200 Å². The lowest BCUT2D eigenvalue weighted by Gasteiger charge is -2.21. The molecule has 0 saturated carbocycles. The average molecular weight is 537 g/mol. The first kappa shape index (κ1) is 26.8. The molecule has 0 fully saturated rings. The Hall–Kier alpha value is -3.81. The molecule has 36 heavy (non-hydrogen) atoms. The number of hydrogen-bond donors (Lipinski definition) is 1. The van der Waals surface area contributed by atoms with Crippen molar-refractivity contribution in [1.29, 1.82) is 0 Å². The minimum atomic E-state index is -5.44. The molecule has 3 rings (SSSR count). The molecule has 0 spiro atoms. The monoisotopic (exact) mass is 537 g/mol. The molecule has 0 atom stereocenters. The highest BCUT2D eigenvalue weighted by Gasteiger charge is 2.42. The van der Waals surface area contributed by atoms with Crippen molar-refractivity contribution in [3.05, 3.63) is 76.8 Å². The van der Waals surface area contributed by atoms with Gasteiger partial charge in [0.1, 0.15) is 11.6 Å². The number of halogens is 7. The topological polar surface area (TPSA) is 81.7 Å². The van der Waals surface area contributed by atoms with Crippen molar-refractivity contribution in [1.82, 2.24) is 5.32 Å². The molecule has 0 heterocycles. The minimum absolute atomic E-state index is 0.139. The first-order chi connectivity index (χ1) is 16.7. The van der Waals surface area contributed by atoms with Gasteiger partial charge in [-0.1, -0.05) is 6.08 Å². The van der Waals surface area contributed by atoms with E-state index in [2.05, 4.69) is 5.32 Å². The zero-order chi connectivity index (χ0) is 26.8. The fourth-order valence-electron chi connectivity index (χ4n) is 3.15. The molecule has 0 saturated heterocycles. The van der Waals surface area contributed by atoms with E-state index in [4.69, 9.17) is 9.47 Å². The molecular weight excluding hydrogens is 523 g/mol. The number of hydrogen-bond acceptors (Lipinski definition) is 5. The summed E-state index contributed by atoms with van der Waals surface area (Å²) in [6.07, 6.45) is -7.47. The van der Waals surface area contributed by atoms with Gasteiger partial charge in [-0.05, 0) is 36.4 Å². The standard InChI is InChI=1S/C22H14F7NO5S/c1-34-17-9-12(23)5-6-16(17)35-18-8-11(21(24,25)26)7-15(22(27,28)29)19(18)20(31)30-13-3-2-4-14(10-13)36(32)33/h2-9H,10H2,1H3,(H,30,31). The molecule has 1 amide bonds. The summed E-state index contributed by atoms with van der Waals surface area (Å²) in [5.74, 6) is -4.35. The van der Waals surface area contributed by atoms with Crippen LogP contribution in [-0.2, 0) is 22.6 Å². The normalized spacial score (nSPS) is 13.8. The number of rotatable bonds is 5. The number of nitrogens with one attached hydrogen (secondary N) is 1. The van der Waals surface area contributed by atoms with Gasteiger partial charge in [0.25, 0.3) is 5.91 Å². The maximum absolute atomic E-state index is 13.9. The van der Waals surface area contributed by atoms with Crippen LogP contribution >= 0.6 is 0 Å². The van der Waals surface area contributed by atoms with Crippen molar-refractivity contribution >= 4 is 21.1 Å². The van der Waals surface area contributed by atoms with Crippen LogP contribution in [0.1, 0.15) is 27.9 Å². The third kappa shape index (κ3) is 6.05. The van der Waals surface area contributed by atoms with Crippen molar-refractivity contribution in [2.24, 2.45) is 0 Å². The van der Waals surface area contributed by atoms with Gasteiger partial charge in [-0.15, -0.1) is 0 Å². The van der Waals surface area contributed by atoms with Crippen molar-refractivity contribution in [3.63, 3.8) is 0 Å². The zero-order valence-electron chi connectivity index (χ0n) is 17.9. The van der Waals surface area contributed by atoms with Crippen LogP contribution < -0.4 is 14.8 Å². The van der Waals surface area contributed by atoms with Crippen molar-refractivity contribution in [2.45, 2.75) is 18.8 Å². The second-order valence-electron chi connectivity index (χ2n) is 7.17. The first-order valence-electron chi connectivity index (χ1n) is 9.68. The van der Waals surface area contributed by atoms with E-state index >= 15 is 0 Å². The molecule has 192 valence electrons. The largest absolute Gasteiger partial charge is 0.493 e. The Morgan fingerprint density at radius 2 is 1.67 bits per heavy atom. The summed E-state index contributed by atoms with van der Waals surface area (Å²) in [7, 11) is -1.63. The number of benzene rings is 2. The first-order valence-corrected chi connectivity index (χ1v) is 10.8. The van der Waals surface area contributed by atoms with E-state index in [9.17, 15) is 43.9 Å². The summed E-state index contributed by atoms with van der Waals surface area (Å²) in [5, 5.41) is 2.08. The Morgan fingerprint density at radius 1 is 0.972 bits per heavy atom. The second kappa shape index (κ2) is 10.0. The van der Waals surface area contributed by atoms with Crippen molar-refractivity contribution in [3.8, 4) is 17.2 Å². The molecule has 1 aliphatic rings. The highest BCUT2D eigenvalue weighted by molar-refractivity contribution is 7.73. The van der Waals surface area contributed by atoms with Gasteiger partial charge in [-0.25, -0.2) is 4.39 Å². The number of amides is 1. The Morgan fingerprint density at radius 3 is 2.25 bits per heavy atom. The van der Waals surface area contributed by atoms with Gasteiger partial charge in [0.15, 0.2) is 11.5 Å². The SMILES string of the molecule is COc1cc(F)ccc1Oc1cc(C(F)(F)F)cc(C(F)(F)F)c1C(=O)NC1=CC=CC(=S(=O)=O)C1. The lowest BCUT2D eigenvalue weighted by atomic mass is 10.00. The molecule has 0 aliphatic heterocycles. The molecular formula is C22H14F7NO5S. The third-order valence-corrected chi connectivity index (χ3v) is 5.45. The van der Waals surface area contributed by atoms with E-state index in [1.54, 1.807) is 0 Å². The van der Waals surface area contributed by atoms with E-state index in [-0.39, 0.29) is 34.9 Å². The van der Waals surface area contributed by atoms with Crippen LogP contribution in [0.2, 0.25) is 0 Å². The van der Waals surface area contributed by atoms with Gasteiger partial charge in [-0.3, -0.25) is 4.79 Å². The van der Waals surface area contributed by atoms with Gasteiger partial charge in [0, 0.05) is 18.2 Å². The summed E-state index contributed by atoms with van der Waals surface area (Å²) >= 11 is 0. The molecule has 14 heteroatoms. The van der Waals surface area contributed by atoms with E-state index in [0.29, 0.717) is 0 Å². The van der Waals surface area contributed by atoms with Crippen LogP contribution in [0, 0.1) is 5.82 Å². The number of carbonyl (C=O) groups is 1. The molecule has 1 N–H and O–H groups in total. The predicted molar refractivity (Wildman–Crippen MR) is 113 cm³/mol. The quantitative estimate of drug-likeness (QED) is 0.414. The van der Waals surface area contributed by atoms with Gasteiger partial charge < -0.3 is 14.8 Å². The summed E-state index contributed by atoms with van der Waals surface area (Å²) < 4.78 is 128. The molecule has 0 aromatic heterocycles. The Balaban J connectivity index is 2.20.